The minimum Gasteiger partial charge on any atom is -0.380 e. The first-order chi connectivity index (χ1) is 8.08. The van der Waals surface area contributed by atoms with Crippen molar-refractivity contribution < 1.29 is 4.74 Å². The molecular formula is C13H19Cl2NO. The molecule has 0 radical (unpaired) electrons. The third-order valence-corrected chi connectivity index (χ3v) is 3.58. The van der Waals surface area contributed by atoms with E-state index >= 15 is 0 Å². The van der Waals surface area contributed by atoms with E-state index in [9.17, 15) is 0 Å². The lowest BCUT2D eigenvalue weighted by Gasteiger charge is -2.23. The fourth-order valence-corrected chi connectivity index (χ4v) is 2.07. The maximum atomic E-state index is 6.00. The second kappa shape index (κ2) is 7.22. The second-order valence-corrected chi connectivity index (χ2v) is 4.87. The van der Waals surface area contributed by atoms with Gasteiger partial charge in [-0.3, -0.25) is 0 Å². The smallest absolute Gasteiger partial charge is 0.0699 e. The van der Waals surface area contributed by atoms with E-state index in [1.807, 2.05) is 18.2 Å². The first-order valence-corrected chi connectivity index (χ1v) is 6.54. The Kier molecular flexibility index (Phi) is 6.28. The van der Waals surface area contributed by atoms with Crippen molar-refractivity contribution in [3.05, 3.63) is 33.8 Å². The summed E-state index contributed by atoms with van der Waals surface area (Å²) in [6.45, 7) is 5.06. The Morgan fingerprint density at radius 1 is 1.29 bits per heavy atom. The van der Waals surface area contributed by atoms with E-state index in [-0.39, 0.29) is 12.1 Å². The number of halogens is 2. The predicted octanol–water partition coefficient (Wildman–Crippen LogP) is 3.55. The van der Waals surface area contributed by atoms with Crippen LogP contribution in [0, 0.1) is 0 Å². The van der Waals surface area contributed by atoms with Crippen LogP contribution in [0.15, 0.2) is 18.2 Å². The summed E-state index contributed by atoms with van der Waals surface area (Å²) in [5, 5.41) is 4.61. The summed E-state index contributed by atoms with van der Waals surface area (Å²) in [6.07, 6.45) is 1.03. The van der Waals surface area contributed by atoms with E-state index < -0.39 is 0 Å². The lowest BCUT2D eigenvalue weighted by atomic mass is 10.0. The molecule has 96 valence electrons. The van der Waals surface area contributed by atoms with Crippen molar-refractivity contribution in [2.24, 2.45) is 0 Å². The Labute approximate surface area is 113 Å². The molecule has 1 aromatic rings. The molecule has 0 aromatic heterocycles. The number of hydrogen-bond donors (Lipinski definition) is 1. The minimum absolute atomic E-state index is 0.157. The van der Waals surface area contributed by atoms with Crippen LogP contribution in [-0.4, -0.2) is 25.8 Å². The van der Waals surface area contributed by atoms with Gasteiger partial charge in [0.2, 0.25) is 0 Å². The monoisotopic (exact) mass is 275 g/mol. The molecule has 1 aromatic carbocycles. The summed E-state index contributed by atoms with van der Waals surface area (Å²) < 4.78 is 5.37. The average Bonchev–Trinajstić information content (AvgIpc) is 2.32. The first-order valence-electron chi connectivity index (χ1n) is 5.78. The molecule has 2 unspecified atom stereocenters. The Balaban J connectivity index is 2.74. The second-order valence-electron chi connectivity index (χ2n) is 4.06. The number of hydrogen-bond acceptors (Lipinski definition) is 2. The number of nitrogens with one attached hydrogen (secondary N) is 1. The molecule has 0 saturated heterocycles. The Hall–Kier alpha value is -0.280. The van der Waals surface area contributed by atoms with Crippen LogP contribution in [0.2, 0.25) is 10.0 Å². The maximum Gasteiger partial charge on any atom is 0.0699 e. The predicted molar refractivity (Wildman–Crippen MR) is 74.1 cm³/mol. The van der Waals surface area contributed by atoms with Gasteiger partial charge in [0.1, 0.15) is 0 Å². The van der Waals surface area contributed by atoms with E-state index in [0.29, 0.717) is 10.0 Å². The van der Waals surface area contributed by atoms with Crippen LogP contribution < -0.4 is 5.32 Å². The van der Waals surface area contributed by atoms with Crippen molar-refractivity contribution in [3.63, 3.8) is 0 Å². The highest BCUT2D eigenvalue weighted by Crippen LogP contribution is 2.23. The summed E-state index contributed by atoms with van der Waals surface area (Å²) in [5.41, 5.74) is 1.16. The van der Waals surface area contributed by atoms with E-state index in [1.165, 1.54) is 0 Å². The van der Waals surface area contributed by atoms with Crippen LogP contribution in [0.3, 0.4) is 0 Å². The van der Waals surface area contributed by atoms with Crippen molar-refractivity contribution >= 4 is 23.2 Å². The third kappa shape index (κ3) is 4.47. The van der Waals surface area contributed by atoms with E-state index in [0.717, 1.165) is 18.5 Å². The third-order valence-electron chi connectivity index (χ3n) is 2.84. The topological polar surface area (TPSA) is 21.3 Å². The lowest BCUT2D eigenvalue weighted by Crippen LogP contribution is -2.40. The number of likely N-dealkylation sites (N-methyl/N-ethyl adjacent to an activating group) is 1. The van der Waals surface area contributed by atoms with Crippen molar-refractivity contribution in [3.8, 4) is 0 Å². The zero-order valence-electron chi connectivity index (χ0n) is 10.5. The van der Waals surface area contributed by atoms with Crippen LogP contribution in [0.1, 0.15) is 19.4 Å². The van der Waals surface area contributed by atoms with Gasteiger partial charge < -0.3 is 10.1 Å². The van der Waals surface area contributed by atoms with Crippen molar-refractivity contribution in [1.82, 2.24) is 5.32 Å². The van der Waals surface area contributed by atoms with Gasteiger partial charge >= 0.3 is 0 Å². The Bertz CT molecular complexity index is 357. The van der Waals surface area contributed by atoms with Crippen LogP contribution in [0.5, 0.6) is 0 Å². The van der Waals surface area contributed by atoms with E-state index in [1.54, 1.807) is 7.11 Å². The van der Waals surface area contributed by atoms with Gasteiger partial charge in [-0.15, -0.1) is 0 Å². The molecule has 0 aliphatic heterocycles. The number of benzene rings is 1. The quantitative estimate of drug-likeness (QED) is 0.858. The van der Waals surface area contributed by atoms with E-state index in [2.05, 4.69) is 19.2 Å². The van der Waals surface area contributed by atoms with Crippen molar-refractivity contribution in [2.75, 3.05) is 13.7 Å². The Morgan fingerprint density at radius 2 is 2.00 bits per heavy atom. The molecule has 0 aliphatic rings. The van der Waals surface area contributed by atoms with Gasteiger partial charge in [-0.25, -0.2) is 0 Å². The van der Waals surface area contributed by atoms with Gasteiger partial charge in [-0.2, -0.15) is 0 Å². The molecule has 2 atom stereocenters. The zero-order valence-corrected chi connectivity index (χ0v) is 12.0. The normalized spacial score (nSPS) is 14.6. The van der Waals surface area contributed by atoms with Crippen molar-refractivity contribution in [1.29, 1.82) is 0 Å². The Morgan fingerprint density at radius 3 is 2.53 bits per heavy atom. The molecule has 0 heterocycles. The van der Waals surface area contributed by atoms with Gasteiger partial charge in [-0.05, 0) is 37.6 Å². The van der Waals surface area contributed by atoms with Gasteiger partial charge in [-0.1, -0.05) is 36.2 Å². The molecule has 0 fully saturated rings. The molecule has 0 aliphatic carbocycles. The van der Waals surface area contributed by atoms with Crippen LogP contribution in [0.4, 0.5) is 0 Å². The van der Waals surface area contributed by atoms with Crippen LogP contribution in [-0.2, 0) is 11.2 Å². The number of rotatable bonds is 6. The molecule has 4 heteroatoms. The highest BCUT2D eigenvalue weighted by atomic mass is 35.5. The molecule has 2 nitrogen and oxygen atoms in total. The number of ether oxygens (including phenoxy) is 1. The van der Waals surface area contributed by atoms with Crippen LogP contribution in [0.25, 0.3) is 0 Å². The highest BCUT2D eigenvalue weighted by molar-refractivity contribution is 6.42. The van der Waals surface area contributed by atoms with E-state index in [4.69, 9.17) is 27.9 Å². The molecule has 0 bridgehead atoms. The molecule has 0 amide bonds. The van der Waals surface area contributed by atoms with Crippen molar-refractivity contribution in [2.45, 2.75) is 32.4 Å². The van der Waals surface area contributed by atoms with Gasteiger partial charge in [0.05, 0.1) is 16.1 Å². The molecular weight excluding hydrogens is 257 g/mol. The lowest BCUT2D eigenvalue weighted by molar-refractivity contribution is 0.0836. The summed E-state index contributed by atoms with van der Waals surface area (Å²) in [6, 6.07) is 6.03. The zero-order chi connectivity index (χ0) is 12.8. The highest BCUT2D eigenvalue weighted by Gasteiger charge is 2.16. The molecule has 0 saturated carbocycles. The standard InChI is InChI=1S/C13H19Cl2NO/c1-4-16-13(9(2)17-3)8-10-5-6-11(14)12(15)7-10/h5-7,9,13,16H,4,8H2,1-3H3. The summed E-state index contributed by atoms with van der Waals surface area (Å²) in [7, 11) is 1.73. The largest absolute Gasteiger partial charge is 0.380 e. The minimum atomic E-state index is 0.157. The number of methoxy groups -OCH3 is 1. The summed E-state index contributed by atoms with van der Waals surface area (Å²) in [5.74, 6) is 0. The van der Waals surface area contributed by atoms with Crippen LogP contribution >= 0.6 is 23.2 Å². The van der Waals surface area contributed by atoms with Gasteiger partial charge in [0, 0.05) is 13.2 Å². The maximum absolute atomic E-state index is 6.00. The molecule has 17 heavy (non-hydrogen) atoms. The fourth-order valence-electron chi connectivity index (χ4n) is 1.75. The SMILES string of the molecule is CCNC(Cc1ccc(Cl)c(Cl)c1)C(C)OC. The summed E-state index contributed by atoms with van der Waals surface area (Å²) in [4.78, 5) is 0. The first kappa shape index (κ1) is 14.8. The fraction of sp³-hybridized carbons (Fsp3) is 0.538. The molecule has 0 spiro atoms. The summed E-state index contributed by atoms with van der Waals surface area (Å²) >= 11 is 11.9. The molecule has 1 rings (SSSR count). The average molecular weight is 276 g/mol. The molecule has 1 N–H and O–H groups in total. The van der Waals surface area contributed by atoms with Gasteiger partial charge in [0.15, 0.2) is 0 Å². The van der Waals surface area contributed by atoms with Gasteiger partial charge in [0.25, 0.3) is 0 Å².